The van der Waals surface area contributed by atoms with E-state index >= 15 is 0 Å². The Morgan fingerprint density at radius 1 is 1.33 bits per heavy atom. The van der Waals surface area contributed by atoms with Crippen molar-refractivity contribution in [3.63, 3.8) is 0 Å². The van der Waals surface area contributed by atoms with Gasteiger partial charge in [-0.05, 0) is 24.6 Å². The van der Waals surface area contributed by atoms with Crippen LogP contribution in [0.3, 0.4) is 0 Å². The number of rotatable bonds is 8. The highest BCUT2D eigenvalue weighted by Crippen LogP contribution is 2.28. The molecular formula is C16H19N3O4S. The number of carbonyl (C=O) groups excluding carboxylic acids is 2. The number of ether oxygens (including phenoxy) is 2. The van der Waals surface area contributed by atoms with Crippen molar-refractivity contribution in [1.29, 1.82) is 0 Å². The van der Waals surface area contributed by atoms with E-state index in [4.69, 9.17) is 15.2 Å². The number of nitrogens with one attached hydrogen (secondary N) is 1. The van der Waals surface area contributed by atoms with Crippen LogP contribution in [0.2, 0.25) is 0 Å². The van der Waals surface area contributed by atoms with Crippen LogP contribution in [0.25, 0.3) is 0 Å². The zero-order valence-corrected chi connectivity index (χ0v) is 14.3. The van der Waals surface area contributed by atoms with E-state index in [0.29, 0.717) is 23.6 Å². The summed E-state index contributed by atoms with van der Waals surface area (Å²) in [5.74, 6) is -0.136. The van der Waals surface area contributed by atoms with Crippen LogP contribution in [0.5, 0.6) is 11.5 Å². The van der Waals surface area contributed by atoms with E-state index in [-0.39, 0.29) is 12.5 Å². The van der Waals surface area contributed by atoms with Gasteiger partial charge in [0.1, 0.15) is 5.01 Å². The molecule has 3 N–H and O–H groups in total. The molecule has 8 heteroatoms. The summed E-state index contributed by atoms with van der Waals surface area (Å²) in [7, 11) is 1.45. The van der Waals surface area contributed by atoms with E-state index in [1.54, 1.807) is 29.5 Å². The Kier molecular flexibility index (Phi) is 6.14. The van der Waals surface area contributed by atoms with Crippen LogP contribution in [0.1, 0.15) is 27.2 Å². The molecule has 0 aliphatic heterocycles. The van der Waals surface area contributed by atoms with E-state index in [1.807, 2.05) is 6.20 Å². The Hall–Kier alpha value is -2.61. The average molecular weight is 349 g/mol. The summed E-state index contributed by atoms with van der Waals surface area (Å²) in [6, 6.07) is 4.70. The number of nitrogens with two attached hydrogens (primary N) is 1. The number of methoxy groups -OCH3 is 1. The van der Waals surface area contributed by atoms with Crippen molar-refractivity contribution in [3.05, 3.63) is 39.8 Å². The van der Waals surface area contributed by atoms with E-state index in [2.05, 4.69) is 17.2 Å². The molecular weight excluding hydrogens is 330 g/mol. The summed E-state index contributed by atoms with van der Waals surface area (Å²) in [5.41, 5.74) is 5.46. The molecule has 0 radical (unpaired) electrons. The number of aromatic nitrogens is 1. The average Bonchev–Trinajstić information content (AvgIpc) is 3.05. The third-order valence-corrected chi connectivity index (χ3v) is 4.29. The van der Waals surface area contributed by atoms with E-state index in [0.717, 1.165) is 11.4 Å². The normalized spacial score (nSPS) is 10.2. The largest absolute Gasteiger partial charge is 0.493 e. The molecule has 7 nitrogen and oxygen atoms in total. The number of benzene rings is 1. The monoisotopic (exact) mass is 349 g/mol. The first kappa shape index (κ1) is 17.7. The van der Waals surface area contributed by atoms with Gasteiger partial charge in [-0.15, -0.1) is 11.3 Å². The number of amides is 2. The van der Waals surface area contributed by atoms with Crippen molar-refractivity contribution < 1.29 is 19.1 Å². The number of primary amides is 1. The molecule has 24 heavy (non-hydrogen) atoms. The lowest BCUT2D eigenvalue weighted by molar-refractivity contribution is -0.119. The molecule has 0 bridgehead atoms. The van der Waals surface area contributed by atoms with Gasteiger partial charge in [0.2, 0.25) is 0 Å². The Labute approximate surface area is 143 Å². The fraction of sp³-hybridized carbons (Fsp3) is 0.312. The Balaban J connectivity index is 2.01. The molecule has 1 aromatic heterocycles. The van der Waals surface area contributed by atoms with Gasteiger partial charge in [0.25, 0.3) is 11.8 Å². The zero-order valence-electron chi connectivity index (χ0n) is 13.5. The first-order chi connectivity index (χ1) is 11.5. The molecule has 1 heterocycles. The molecule has 0 atom stereocenters. The third kappa shape index (κ3) is 4.69. The topological polar surface area (TPSA) is 104 Å². The van der Waals surface area contributed by atoms with Crippen molar-refractivity contribution in [2.45, 2.75) is 19.9 Å². The number of aryl methyl sites for hydroxylation is 1. The molecule has 0 saturated heterocycles. The van der Waals surface area contributed by atoms with Gasteiger partial charge < -0.3 is 20.5 Å². The highest BCUT2D eigenvalue weighted by atomic mass is 32.1. The van der Waals surface area contributed by atoms with Crippen LogP contribution in [0.15, 0.2) is 24.4 Å². The SMILES string of the molecule is CCc1cnc(CNC(=O)c2ccc(OCC(N)=O)c(OC)c2)s1. The molecule has 0 spiro atoms. The minimum absolute atomic E-state index is 0.247. The second-order valence-corrected chi connectivity index (χ2v) is 6.08. The number of hydrogen-bond donors (Lipinski definition) is 2. The van der Waals surface area contributed by atoms with Crippen molar-refractivity contribution >= 4 is 23.2 Å². The molecule has 2 aromatic rings. The lowest BCUT2D eigenvalue weighted by Gasteiger charge is -2.11. The van der Waals surface area contributed by atoms with Crippen LogP contribution in [-0.4, -0.2) is 30.5 Å². The molecule has 0 aliphatic carbocycles. The van der Waals surface area contributed by atoms with E-state index in [1.165, 1.54) is 12.0 Å². The summed E-state index contributed by atoms with van der Waals surface area (Å²) in [6.45, 7) is 2.17. The van der Waals surface area contributed by atoms with Gasteiger partial charge in [-0.1, -0.05) is 6.92 Å². The predicted octanol–water partition coefficient (Wildman–Crippen LogP) is 1.51. The van der Waals surface area contributed by atoms with Gasteiger partial charge in [0, 0.05) is 16.6 Å². The summed E-state index contributed by atoms with van der Waals surface area (Å²) in [5, 5.41) is 3.67. The number of nitrogens with zero attached hydrogens (tertiary/aromatic N) is 1. The molecule has 2 rings (SSSR count). The fourth-order valence-corrected chi connectivity index (χ4v) is 2.73. The Bertz CT molecular complexity index is 730. The molecule has 0 fully saturated rings. The molecule has 2 amide bonds. The van der Waals surface area contributed by atoms with Crippen molar-refractivity contribution in [1.82, 2.24) is 10.3 Å². The first-order valence-electron chi connectivity index (χ1n) is 7.34. The lowest BCUT2D eigenvalue weighted by atomic mass is 10.2. The van der Waals surface area contributed by atoms with Gasteiger partial charge in [0.05, 0.1) is 13.7 Å². The molecule has 0 saturated carbocycles. The maximum atomic E-state index is 12.2. The highest BCUT2D eigenvalue weighted by molar-refractivity contribution is 7.11. The maximum Gasteiger partial charge on any atom is 0.255 e. The van der Waals surface area contributed by atoms with Gasteiger partial charge in [-0.3, -0.25) is 9.59 Å². The second-order valence-electron chi connectivity index (χ2n) is 4.88. The number of hydrogen-bond acceptors (Lipinski definition) is 6. The molecule has 1 aromatic carbocycles. The van der Waals surface area contributed by atoms with Crippen LogP contribution >= 0.6 is 11.3 Å². The van der Waals surface area contributed by atoms with Crippen LogP contribution < -0.4 is 20.5 Å². The first-order valence-corrected chi connectivity index (χ1v) is 8.16. The van der Waals surface area contributed by atoms with Crippen molar-refractivity contribution in [3.8, 4) is 11.5 Å². The summed E-state index contributed by atoms with van der Waals surface area (Å²) in [6.07, 6.45) is 2.75. The highest BCUT2D eigenvalue weighted by Gasteiger charge is 2.12. The molecule has 0 aliphatic rings. The fourth-order valence-electron chi connectivity index (χ4n) is 1.93. The van der Waals surface area contributed by atoms with Gasteiger partial charge in [0.15, 0.2) is 18.1 Å². The van der Waals surface area contributed by atoms with Gasteiger partial charge in [-0.25, -0.2) is 4.98 Å². The van der Waals surface area contributed by atoms with Crippen LogP contribution in [0.4, 0.5) is 0 Å². The standard InChI is InChI=1S/C16H19N3O4S/c1-3-11-7-18-15(24-11)8-19-16(21)10-4-5-12(13(6-10)22-2)23-9-14(17)20/h4-7H,3,8-9H2,1-2H3,(H2,17,20)(H,19,21). The minimum Gasteiger partial charge on any atom is -0.493 e. The van der Waals surface area contributed by atoms with Gasteiger partial charge >= 0.3 is 0 Å². The van der Waals surface area contributed by atoms with E-state index < -0.39 is 5.91 Å². The smallest absolute Gasteiger partial charge is 0.255 e. The van der Waals surface area contributed by atoms with Crippen molar-refractivity contribution in [2.75, 3.05) is 13.7 Å². The minimum atomic E-state index is -0.589. The lowest BCUT2D eigenvalue weighted by Crippen LogP contribution is -2.23. The molecule has 128 valence electrons. The number of thiazole rings is 1. The summed E-state index contributed by atoms with van der Waals surface area (Å²) in [4.78, 5) is 28.4. The third-order valence-electron chi connectivity index (χ3n) is 3.15. The summed E-state index contributed by atoms with van der Waals surface area (Å²) < 4.78 is 10.4. The summed E-state index contributed by atoms with van der Waals surface area (Å²) >= 11 is 1.58. The quantitative estimate of drug-likeness (QED) is 0.752. The Morgan fingerprint density at radius 2 is 2.12 bits per heavy atom. The second kappa shape index (κ2) is 8.30. The molecule has 0 unspecified atom stereocenters. The van der Waals surface area contributed by atoms with Gasteiger partial charge in [-0.2, -0.15) is 0 Å². The predicted molar refractivity (Wildman–Crippen MR) is 90.3 cm³/mol. The number of carbonyl (C=O) groups is 2. The van der Waals surface area contributed by atoms with E-state index in [9.17, 15) is 9.59 Å². The van der Waals surface area contributed by atoms with Crippen molar-refractivity contribution in [2.24, 2.45) is 5.73 Å². The van der Waals surface area contributed by atoms with Crippen LogP contribution in [0, 0.1) is 0 Å². The zero-order chi connectivity index (χ0) is 17.5. The Morgan fingerprint density at radius 3 is 2.75 bits per heavy atom. The maximum absolute atomic E-state index is 12.2. The van der Waals surface area contributed by atoms with Crippen LogP contribution in [-0.2, 0) is 17.8 Å².